The van der Waals surface area contributed by atoms with Gasteiger partial charge in [0.25, 0.3) is 0 Å². The first-order valence-corrected chi connectivity index (χ1v) is 9.65. The Bertz CT molecular complexity index is 821. The van der Waals surface area contributed by atoms with E-state index in [0.717, 1.165) is 43.0 Å². The van der Waals surface area contributed by atoms with Crippen LogP contribution in [0, 0.1) is 5.92 Å². The molecule has 0 radical (unpaired) electrons. The molecule has 0 unspecified atom stereocenters. The lowest BCUT2D eigenvalue weighted by Gasteiger charge is -2.26. The molecule has 2 aliphatic rings. The molecule has 0 bridgehead atoms. The quantitative estimate of drug-likeness (QED) is 0.799. The minimum absolute atomic E-state index is 0.0743. The maximum atomic E-state index is 12.5. The van der Waals surface area contributed by atoms with Gasteiger partial charge in [0.2, 0.25) is 5.91 Å². The molecule has 0 aromatic heterocycles. The molecule has 2 aromatic rings. The van der Waals surface area contributed by atoms with Crippen molar-refractivity contribution in [3.05, 3.63) is 53.6 Å². The number of carbonyl (C=O) groups excluding carboxylic acids is 1. The first kappa shape index (κ1) is 17.7. The highest BCUT2D eigenvalue weighted by Crippen LogP contribution is 2.36. The highest BCUT2D eigenvalue weighted by molar-refractivity contribution is 5.79. The molecule has 0 aliphatic carbocycles. The molecule has 5 nitrogen and oxygen atoms in total. The second kappa shape index (κ2) is 7.91. The van der Waals surface area contributed by atoms with Crippen LogP contribution in [0.25, 0.3) is 0 Å². The molecular formula is C22H26N2O3. The van der Waals surface area contributed by atoms with Gasteiger partial charge in [-0.25, -0.2) is 0 Å². The van der Waals surface area contributed by atoms with Crippen LogP contribution in [-0.4, -0.2) is 39.3 Å². The van der Waals surface area contributed by atoms with Crippen molar-refractivity contribution in [2.75, 3.05) is 38.3 Å². The van der Waals surface area contributed by atoms with Crippen LogP contribution >= 0.6 is 0 Å². The van der Waals surface area contributed by atoms with Crippen molar-refractivity contribution in [1.29, 1.82) is 0 Å². The standard InChI is InChI=1S/C22H26N2O3/c1-26-20-9-4-7-17-14-18(15-27-21(17)20)22(25)23-11-5-12-24-13-10-16-6-2-3-8-19(16)24/h2-4,6-9,18H,5,10-15H2,1H3,(H,23,25)/t18-/m0/s1. The average molecular weight is 366 g/mol. The molecule has 0 saturated carbocycles. The number of amides is 1. The van der Waals surface area contributed by atoms with E-state index >= 15 is 0 Å². The number of nitrogens with one attached hydrogen (secondary N) is 1. The lowest BCUT2D eigenvalue weighted by atomic mass is 9.95. The summed E-state index contributed by atoms with van der Waals surface area (Å²) >= 11 is 0. The van der Waals surface area contributed by atoms with Gasteiger partial charge < -0.3 is 19.7 Å². The van der Waals surface area contributed by atoms with Crippen LogP contribution in [0.5, 0.6) is 11.5 Å². The summed E-state index contributed by atoms with van der Waals surface area (Å²) in [5.41, 5.74) is 3.81. The van der Waals surface area contributed by atoms with Gasteiger partial charge in [0.05, 0.1) is 13.0 Å². The number of benzene rings is 2. The summed E-state index contributed by atoms with van der Waals surface area (Å²) < 4.78 is 11.1. The average Bonchev–Trinajstić information content (AvgIpc) is 3.13. The number of hydrogen-bond acceptors (Lipinski definition) is 4. The zero-order chi connectivity index (χ0) is 18.6. The Labute approximate surface area is 160 Å². The number of para-hydroxylation sites is 2. The number of hydrogen-bond donors (Lipinski definition) is 1. The number of fused-ring (bicyclic) bond motifs is 2. The Balaban J connectivity index is 1.25. The molecule has 2 heterocycles. The molecule has 0 fully saturated rings. The largest absolute Gasteiger partial charge is 0.493 e. The summed E-state index contributed by atoms with van der Waals surface area (Å²) in [6.45, 7) is 3.14. The van der Waals surface area contributed by atoms with E-state index in [-0.39, 0.29) is 11.8 Å². The fourth-order valence-electron chi connectivity index (χ4n) is 3.99. The van der Waals surface area contributed by atoms with Crippen LogP contribution in [0.2, 0.25) is 0 Å². The number of ether oxygens (including phenoxy) is 2. The number of anilines is 1. The molecule has 4 rings (SSSR count). The van der Waals surface area contributed by atoms with E-state index in [2.05, 4.69) is 34.5 Å². The third-order valence-corrected chi connectivity index (χ3v) is 5.43. The van der Waals surface area contributed by atoms with Crippen LogP contribution in [0.4, 0.5) is 5.69 Å². The lowest BCUT2D eigenvalue weighted by molar-refractivity contribution is -0.126. The van der Waals surface area contributed by atoms with Crippen LogP contribution in [-0.2, 0) is 17.6 Å². The Morgan fingerprint density at radius 1 is 1.22 bits per heavy atom. The summed E-state index contributed by atoms with van der Waals surface area (Å²) in [5, 5.41) is 3.08. The molecule has 1 atom stereocenters. The summed E-state index contributed by atoms with van der Waals surface area (Å²) in [6.07, 6.45) is 2.75. The Morgan fingerprint density at radius 2 is 2.07 bits per heavy atom. The van der Waals surface area contributed by atoms with Crippen molar-refractivity contribution in [2.24, 2.45) is 5.92 Å². The fourth-order valence-corrected chi connectivity index (χ4v) is 3.99. The first-order valence-electron chi connectivity index (χ1n) is 9.65. The predicted molar refractivity (Wildman–Crippen MR) is 106 cm³/mol. The molecule has 0 spiro atoms. The van der Waals surface area contributed by atoms with Crippen molar-refractivity contribution in [2.45, 2.75) is 19.3 Å². The highest BCUT2D eigenvalue weighted by atomic mass is 16.5. The Morgan fingerprint density at radius 3 is 2.96 bits per heavy atom. The molecule has 142 valence electrons. The van der Waals surface area contributed by atoms with Crippen molar-refractivity contribution < 1.29 is 14.3 Å². The minimum atomic E-state index is -0.142. The first-order chi connectivity index (χ1) is 13.3. The SMILES string of the molecule is COc1cccc2c1OC[C@@H](C(=O)NCCCN1CCc3ccccc31)C2. The predicted octanol–water partition coefficient (Wildman–Crippen LogP) is 2.82. The topological polar surface area (TPSA) is 50.8 Å². The van der Waals surface area contributed by atoms with Crippen molar-refractivity contribution in [3.8, 4) is 11.5 Å². The van der Waals surface area contributed by atoms with Gasteiger partial charge in [0.1, 0.15) is 6.61 Å². The molecule has 1 amide bonds. The lowest BCUT2D eigenvalue weighted by Crippen LogP contribution is -2.38. The van der Waals surface area contributed by atoms with E-state index < -0.39 is 0 Å². The number of rotatable bonds is 6. The van der Waals surface area contributed by atoms with Gasteiger partial charge in [-0.05, 0) is 42.5 Å². The number of methoxy groups -OCH3 is 1. The van der Waals surface area contributed by atoms with Gasteiger partial charge in [0.15, 0.2) is 11.5 Å². The molecule has 0 saturated heterocycles. The molecule has 2 aliphatic heterocycles. The van der Waals surface area contributed by atoms with E-state index in [1.54, 1.807) is 7.11 Å². The summed E-state index contributed by atoms with van der Waals surface area (Å²) in [4.78, 5) is 14.9. The van der Waals surface area contributed by atoms with Crippen molar-refractivity contribution in [3.63, 3.8) is 0 Å². The maximum Gasteiger partial charge on any atom is 0.226 e. The van der Waals surface area contributed by atoms with Gasteiger partial charge in [-0.2, -0.15) is 0 Å². The van der Waals surface area contributed by atoms with E-state index in [1.807, 2.05) is 18.2 Å². The van der Waals surface area contributed by atoms with Crippen LogP contribution in [0.15, 0.2) is 42.5 Å². The maximum absolute atomic E-state index is 12.5. The Kier molecular flexibility index (Phi) is 5.19. The van der Waals surface area contributed by atoms with Gasteiger partial charge >= 0.3 is 0 Å². The normalized spacial score (nSPS) is 17.7. The van der Waals surface area contributed by atoms with Gasteiger partial charge in [-0.3, -0.25) is 4.79 Å². The molecule has 27 heavy (non-hydrogen) atoms. The fraction of sp³-hybridized carbons (Fsp3) is 0.409. The molecule has 5 heteroatoms. The second-order valence-corrected chi connectivity index (χ2v) is 7.17. The van der Waals surface area contributed by atoms with Crippen molar-refractivity contribution in [1.82, 2.24) is 5.32 Å². The molecule has 1 N–H and O–H groups in total. The van der Waals surface area contributed by atoms with E-state index in [4.69, 9.17) is 9.47 Å². The third-order valence-electron chi connectivity index (χ3n) is 5.43. The van der Waals surface area contributed by atoms with Crippen LogP contribution in [0.1, 0.15) is 17.5 Å². The summed E-state index contributed by atoms with van der Waals surface area (Å²) in [7, 11) is 1.64. The molecular weight excluding hydrogens is 340 g/mol. The van der Waals surface area contributed by atoms with Gasteiger partial charge in [-0.1, -0.05) is 30.3 Å². The summed E-state index contributed by atoms with van der Waals surface area (Å²) in [6, 6.07) is 14.4. The monoisotopic (exact) mass is 366 g/mol. The van der Waals surface area contributed by atoms with E-state index in [9.17, 15) is 4.79 Å². The Hall–Kier alpha value is -2.69. The summed E-state index contributed by atoms with van der Waals surface area (Å²) in [5.74, 6) is 1.44. The van der Waals surface area contributed by atoms with E-state index in [0.29, 0.717) is 19.6 Å². The minimum Gasteiger partial charge on any atom is -0.493 e. The van der Waals surface area contributed by atoms with Crippen LogP contribution in [0.3, 0.4) is 0 Å². The highest BCUT2D eigenvalue weighted by Gasteiger charge is 2.27. The number of carbonyl (C=O) groups is 1. The molecule has 2 aromatic carbocycles. The zero-order valence-electron chi connectivity index (χ0n) is 15.7. The van der Waals surface area contributed by atoms with E-state index in [1.165, 1.54) is 11.3 Å². The van der Waals surface area contributed by atoms with Crippen LogP contribution < -0.4 is 19.7 Å². The van der Waals surface area contributed by atoms with Gasteiger partial charge in [0, 0.05) is 25.3 Å². The second-order valence-electron chi connectivity index (χ2n) is 7.17. The van der Waals surface area contributed by atoms with Gasteiger partial charge in [-0.15, -0.1) is 0 Å². The van der Waals surface area contributed by atoms with Crippen molar-refractivity contribution >= 4 is 11.6 Å². The number of nitrogens with zero attached hydrogens (tertiary/aromatic N) is 1. The zero-order valence-corrected chi connectivity index (χ0v) is 15.7. The smallest absolute Gasteiger partial charge is 0.226 e. The third kappa shape index (κ3) is 3.72.